The minimum absolute atomic E-state index is 0.198. The second-order valence-electron chi connectivity index (χ2n) is 3.66. The van der Waals surface area contributed by atoms with Crippen LogP contribution in [0, 0.1) is 16.7 Å². The summed E-state index contributed by atoms with van der Waals surface area (Å²) in [5, 5.41) is 21.2. The van der Waals surface area contributed by atoms with Crippen molar-refractivity contribution in [3.63, 3.8) is 0 Å². The van der Waals surface area contributed by atoms with Crippen LogP contribution in [0.4, 0.5) is 0 Å². The van der Waals surface area contributed by atoms with Crippen molar-refractivity contribution in [1.82, 2.24) is 5.32 Å². The molecule has 0 aliphatic heterocycles. The normalized spacial score (nSPS) is 22.4. The third-order valence-electron chi connectivity index (χ3n) is 2.61. The Kier molecular flexibility index (Phi) is 3.07. The van der Waals surface area contributed by atoms with Crippen LogP contribution in [0.2, 0.25) is 0 Å². The smallest absolute Gasteiger partial charge is 0.0690 e. The average molecular weight is 168 g/mol. The summed E-state index contributed by atoms with van der Waals surface area (Å²) in [6.45, 7) is 0.587. The average Bonchev–Trinajstić information content (AvgIpc) is 1.97. The predicted octanol–water partition coefficient (Wildman–Crippen LogP) is 0.651. The lowest BCUT2D eigenvalue weighted by Gasteiger charge is -2.36. The molecule has 1 aliphatic carbocycles. The van der Waals surface area contributed by atoms with E-state index in [1.807, 2.05) is 7.05 Å². The van der Waals surface area contributed by atoms with E-state index in [-0.39, 0.29) is 11.5 Å². The van der Waals surface area contributed by atoms with E-state index < -0.39 is 0 Å². The van der Waals surface area contributed by atoms with Gasteiger partial charge in [0, 0.05) is 6.54 Å². The van der Waals surface area contributed by atoms with Crippen LogP contribution >= 0.6 is 0 Å². The van der Waals surface area contributed by atoms with Crippen molar-refractivity contribution < 1.29 is 5.11 Å². The quantitative estimate of drug-likeness (QED) is 0.648. The Morgan fingerprint density at radius 2 is 2.33 bits per heavy atom. The van der Waals surface area contributed by atoms with Gasteiger partial charge in [-0.05, 0) is 26.3 Å². The third-order valence-corrected chi connectivity index (χ3v) is 2.61. The van der Waals surface area contributed by atoms with Gasteiger partial charge in [0.2, 0.25) is 0 Å². The van der Waals surface area contributed by atoms with E-state index in [9.17, 15) is 5.11 Å². The topological polar surface area (TPSA) is 56.0 Å². The fraction of sp³-hybridized carbons (Fsp3) is 0.889. The maximum Gasteiger partial charge on any atom is 0.0690 e. The van der Waals surface area contributed by atoms with Crippen LogP contribution in [0.5, 0.6) is 0 Å². The van der Waals surface area contributed by atoms with Gasteiger partial charge in [-0.3, -0.25) is 0 Å². The van der Waals surface area contributed by atoms with Gasteiger partial charge in [0.1, 0.15) is 0 Å². The van der Waals surface area contributed by atoms with Crippen LogP contribution in [-0.4, -0.2) is 24.8 Å². The maximum absolute atomic E-state index is 9.47. The van der Waals surface area contributed by atoms with Crippen molar-refractivity contribution in [2.75, 3.05) is 13.6 Å². The Morgan fingerprint density at radius 1 is 1.67 bits per heavy atom. The molecule has 1 rings (SSSR count). The van der Waals surface area contributed by atoms with Gasteiger partial charge in [0.05, 0.1) is 17.6 Å². The Labute approximate surface area is 73.4 Å². The fourth-order valence-corrected chi connectivity index (χ4v) is 1.72. The van der Waals surface area contributed by atoms with Gasteiger partial charge in [0.25, 0.3) is 0 Å². The maximum atomic E-state index is 9.47. The Balaban J connectivity index is 2.33. The lowest BCUT2D eigenvalue weighted by Crippen LogP contribution is -2.35. The van der Waals surface area contributed by atoms with Crippen LogP contribution < -0.4 is 5.32 Å². The van der Waals surface area contributed by atoms with Gasteiger partial charge in [-0.25, -0.2) is 0 Å². The predicted molar refractivity (Wildman–Crippen MR) is 46.4 cm³/mol. The highest BCUT2D eigenvalue weighted by molar-refractivity contribution is 5.05. The molecule has 0 radical (unpaired) electrons. The molecule has 0 saturated heterocycles. The van der Waals surface area contributed by atoms with Gasteiger partial charge >= 0.3 is 0 Å². The number of nitrogens with zero attached hydrogens (tertiary/aromatic N) is 1. The first-order valence-corrected chi connectivity index (χ1v) is 4.46. The highest BCUT2D eigenvalue weighted by atomic mass is 16.3. The minimum atomic E-state index is -0.366. The molecular formula is C9H16N2O. The lowest BCUT2D eigenvalue weighted by atomic mass is 9.67. The van der Waals surface area contributed by atoms with E-state index in [1.54, 1.807) is 0 Å². The zero-order valence-corrected chi connectivity index (χ0v) is 7.51. The second-order valence-corrected chi connectivity index (χ2v) is 3.66. The summed E-state index contributed by atoms with van der Waals surface area (Å²) in [4.78, 5) is 0. The molecule has 1 fully saturated rings. The van der Waals surface area contributed by atoms with E-state index in [0.29, 0.717) is 13.0 Å². The van der Waals surface area contributed by atoms with Gasteiger partial charge in [-0.1, -0.05) is 6.42 Å². The molecule has 1 saturated carbocycles. The number of hydrogen-bond donors (Lipinski definition) is 2. The summed E-state index contributed by atoms with van der Waals surface area (Å²) in [5.41, 5.74) is -0.198. The molecule has 3 nitrogen and oxygen atoms in total. The van der Waals surface area contributed by atoms with Crippen molar-refractivity contribution in [3.8, 4) is 6.07 Å². The molecule has 0 aromatic carbocycles. The standard InChI is InChI=1S/C9H16N2O/c1-11-6-8(12)5-9(7-10)3-2-4-9/h8,11-12H,2-6H2,1H3. The van der Waals surface area contributed by atoms with Crippen LogP contribution in [0.3, 0.4) is 0 Å². The first-order chi connectivity index (χ1) is 5.72. The molecule has 0 spiro atoms. The van der Waals surface area contributed by atoms with Gasteiger partial charge < -0.3 is 10.4 Å². The van der Waals surface area contributed by atoms with E-state index >= 15 is 0 Å². The van der Waals surface area contributed by atoms with Gasteiger partial charge in [-0.15, -0.1) is 0 Å². The number of nitriles is 1. The zero-order valence-electron chi connectivity index (χ0n) is 7.51. The summed E-state index contributed by atoms with van der Waals surface area (Å²) in [7, 11) is 1.81. The first kappa shape index (κ1) is 9.50. The second kappa shape index (κ2) is 3.88. The monoisotopic (exact) mass is 168 g/mol. The number of rotatable bonds is 4. The van der Waals surface area contributed by atoms with Crippen molar-refractivity contribution in [2.45, 2.75) is 31.8 Å². The summed E-state index contributed by atoms with van der Waals surface area (Å²) in [5.74, 6) is 0. The van der Waals surface area contributed by atoms with Gasteiger partial charge in [0.15, 0.2) is 0 Å². The van der Waals surface area contributed by atoms with E-state index in [2.05, 4.69) is 11.4 Å². The van der Waals surface area contributed by atoms with Crippen molar-refractivity contribution >= 4 is 0 Å². The number of aliphatic hydroxyl groups excluding tert-OH is 1. The van der Waals surface area contributed by atoms with Crippen molar-refractivity contribution in [3.05, 3.63) is 0 Å². The molecule has 0 amide bonds. The van der Waals surface area contributed by atoms with Gasteiger partial charge in [-0.2, -0.15) is 5.26 Å². The van der Waals surface area contributed by atoms with Crippen molar-refractivity contribution in [2.24, 2.45) is 5.41 Å². The summed E-state index contributed by atoms with van der Waals surface area (Å²) in [6, 6.07) is 2.32. The summed E-state index contributed by atoms with van der Waals surface area (Å²) >= 11 is 0. The molecule has 1 aliphatic rings. The number of nitrogens with one attached hydrogen (secondary N) is 1. The molecule has 2 N–H and O–H groups in total. The molecule has 12 heavy (non-hydrogen) atoms. The molecule has 0 bridgehead atoms. The number of likely N-dealkylation sites (N-methyl/N-ethyl adjacent to an activating group) is 1. The van der Waals surface area contributed by atoms with E-state index in [1.165, 1.54) is 0 Å². The molecular weight excluding hydrogens is 152 g/mol. The first-order valence-electron chi connectivity index (χ1n) is 4.46. The van der Waals surface area contributed by atoms with Crippen LogP contribution in [0.1, 0.15) is 25.7 Å². The highest BCUT2D eigenvalue weighted by Crippen LogP contribution is 2.43. The van der Waals surface area contributed by atoms with E-state index in [0.717, 1.165) is 19.3 Å². The molecule has 3 heteroatoms. The largest absolute Gasteiger partial charge is 0.392 e. The van der Waals surface area contributed by atoms with Crippen LogP contribution in [0.15, 0.2) is 0 Å². The molecule has 0 aromatic heterocycles. The fourth-order valence-electron chi connectivity index (χ4n) is 1.72. The SMILES string of the molecule is CNCC(O)CC1(C#N)CCC1. The molecule has 1 unspecified atom stereocenters. The summed E-state index contributed by atoms with van der Waals surface area (Å²) < 4.78 is 0. The summed E-state index contributed by atoms with van der Waals surface area (Å²) in [6.07, 6.45) is 3.33. The lowest BCUT2D eigenvalue weighted by molar-refractivity contribution is 0.0815. The van der Waals surface area contributed by atoms with Crippen LogP contribution in [0.25, 0.3) is 0 Å². The Bertz CT molecular complexity index is 181. The Morgan fingerprint density at radius 3 is 2.67 bits per heavy atom. The third kappa shape index (κ3) is 1.96. The molecule has 68 valence electrons. The minimum Gasteiger partial charge on any atom is -0.392 e. The molecule has 0 aromatic rings. The van der Waals surface area contributed by atoms with Crippen LogP contribution in [-0.2, 0) is 0 Å². The highest BCUT2D eigenvalue weighted by Gasteiger charge is 2.38. The zero-order chi connectivity index (χ0) is 9.03. The molecule has 1 atom stereocenters. The van der Waals surface area contributed by atoms with E-state index in [4.69, 9.17) is 5.26 Å². The number of hydrogen-bond acceptors (Lipinski definition) is 3. The number of aliphatic hydroxyl groups is 1. The van der Waals surface area contributed by atoms with Crippen molar-refractivity contribution in [1.29, 1.82) is 5.26 Å². The Hall–Kier alpha value is -0.590. The molecule has 0 heterocycles.